The van der Waals surface area contributed by atoms with E-state index in [-0.39, 0.29) is 5.97 Å². The predicted molar refractivity (Wildman–Crippen MR) is 73.2 cm³/mol. The zero-order valence-electron chi connectivity index (χ0n) is 8.42. The number of carbonyl (C=O) groups excluding carboxylic acids is 1. The van der Waals surface area contributed by atoms with Gasteiger partial charge in [-0.15, -0.1) is 11.3 Å². The molecule has 0 atom stereocenters. The summed E-state index contributed by atoms with van der Waals surface area (Å²) in [5, 5.41) is 1.04. The monoisotopic (exact) mass is 362 g/mol. The summed E-state index contributed by atoms with van der Waals surface area (Å²) in [6, 6.07) is 5.81. The van der Waals surface area contributed by atoms with Crippen LogP contribution >= 0.6 is 43.2 Å². The number of rotatable bonds is 2. The quantitative estimate of drug-likeness (QED) is 0.728. The highest BCUT2D eigenvalue weighted by Crippen LogP contribution is 2.35. The molecule has 5 heteroatoms. The van der Waals surface area contributed by atoms with E-state index in [9.17, 15) is 4.79 Å². The van der Waals surface area contributed by atoms with Crippen LogP contribution in [0.25, 0.3) is 10.1 Å². The van der Waals surface area contributed by atoms with Crippen LogP contribution in [0.4, 0.5) is 0 Å². The van der Waals surface area contributed by atoms with Crippen molar-refractivity contribution in [3.05, 3.63) is 32.0 Å². The van der Waals surface area contributed by atoms with Gasteiger partial charge in [-0.2, -0.15) is 0 Å². The summed E-state index contributed by atoms with van der Waals surface area (Å²) >= 11 is 8.33. The van der Waals surface area contributed by atoms with Gasteiger partial charge in [0.05, 0.1) is 6.61 Å². The first-order chi connectivity index (χ1) is 7.61. The van der Waals surface area contributed by atoms with Crippen molar-refractivity contribution in [2.45, 2.75) is 6.92 Å². The molecular weight excluding hydrogens is 356 g/mol. The molecule has 0 aliphatic heterocycles. The normalized spacial score (nSPS) is 10.7. The zero-order valence-corrected chi connectivity index (χ0v) is 12.4. The SMILES string of the molecule is CCOC(=O)c1cc2cc(Br)cc(Br)c2s1. The molecule has 1 aromatic heterocycles. The molecule has 0 unspecified atom stereocenters. The highest BCUT2D eigenvalue weighted by atomic mass is 79.9. The summed E-state index contributed by atoms with van der Waals surface area (Å²) in [5.41, 5.74) is 0. The van der Waals surface area contributed by atoms with Gasteiger partial charge in [-0.1, -0.05) is 15.9 Å². The molecular formula is C11H8Br2O2S. The third-order valence-corrected chi connectivity index (χ3v) is 4.52. The Morgan fingerprint density at radius 1 is 1.38 bits per heavy atom. The van der Waals surface area contributed by atoms with Crippen LogP contribution in [-0.2, 0) is 4.74 Å². The number of hydrogen-bond donors (Lipinski definition) is 0. The smallest absolute Gasteiger partial charge is 0.348 e. The molecule has 84 valence electrons. The number of benzene rings is 1. The fraction of sp³-hybridized carbons (Fsp3) is 0.182. The van der Waals surface area contributed by atoms with Gasteiger partial charge in [0.1, 0.15) is 4.88 Å². The molecule has 1 heterocycles. The van der Waals surface area contributed by atoms with Crippen molar-refractivity contribution in [2.75, 3.05) is 6.61 Å². The van der Waals surface area contributed by atoms with Crippen LogP contribution < -0.4 is 0 Å². The van der Waals surface area contributed by atoms with Crippen molar-refractivity contribution in [2.24, 2.45) is 0 Å². The van der Waals surface area contributed by atoms with Crippen LogP contribution in [0.1, 0.15) is 16.6 Å². The molecule has 0 saturated heterocycles. The van der Waals surface area contributed by atoms with Crippen molar-refractivity contribution in [1.82, 2.24) is 0 Å². The molecule has 2 aromatic rings. The van der Waals surface area contributed by atoms with Crippen molar-refractivity contribution in [3.63, 3.8) is 0 Å². The van der Waals surface area contributed by atoms with E-state index in [0.29, 0.717) is 11.5 Å². The van der Waals surface area contributed by atoms with Gasteiger partial charge in [-0.05, 0) is 46.4 Å². The highest BCUT2D eigenvalue weighted by molar-refractivity contribution is 9.11. The molecule has 0 N–H and O–H groups in total. The molecule has 0 aliphatic carbocycles. The summed E-state index contributed by atoms with van der Waals surface area (Å²) in [6.45, 7) is 2.20. The predicted octanol–water partition coefficient (Wildman–Crippen LogP) is 4.60. The summed E-state index contributed by atoms with van der Waals surface area (Å²) in [7, 11) is 0. The maximum atomic E-state index is 11.6. The fourth-order valence-electron chi connectivity index (χ4n) is 1.38. The van der Waals surface area contributed by atoms with Crippen LogP contribution in [0.2, 0.25) is 0 Å². The molecule has 0 saturated carbocycles. The number of carbonyl (C=O) groups is 1. The molecule has 0 bridgehead atoms. The van der Waals surface area contributed by atoms with E-state index < -0.39 is 0 Å². The number of halogens is 2. The van der Waals surface area contributed by atoms with Gasteiger partial charge in [0.25, 0.3) is 0 Å². The van der Waals surface area contributed by atoms with E-state index in [1.807, 2.05) is 18.2 Å². The van der Waals surface area contributed by atoms with E-state index >= 15 is 0 Å². The lowest BCUT2D eigenvalue weighted by atomic mass is 10.2. The Balaban J connectivity index is 2.51. The Morgan fingerprint density at radius 3 is 2.81 bits per heavy atom. The fourth-order valence-corrected chi connectivity index (χ4v) is 3.82. The zero-order chi connectivity index (χ0) is 11.7. The average molecular weight is 364 g/mol. The Labute approximate surface area is 114 Å². The van der Waals surface area contributed by atoms with E-state index in [1.54, 1.807) is 6.92 Å². The van der Waals surface area contributed by atoms with E-state index in [2.05, 4.69) is 31.9 Å². The van der Waals surface area contributed by atoms with E-state index in [0.717, 1.165) is 19.0 Å². The molecule has 1 aromatic carbocycles. The lowest BCUT2D eigenvalue weighted by molar-refractivity contribution is 0.0532. The van der Waals surface area contributed by atoms with Crippen molar-refractivity contribution >= 4 is 59.3 Å². The minimum absolute atomic E-state index is 0.258. The number of hydrogen-bond acceptors (Lipinski definition) is 3. The lowest BCUT2D eigenvalue weighted by Gasteiger charge is -1.96. The van der Waals surface area contributed by atoms with E-state index in [1.165, 1.54) is 11.3 Å². The first-order valence-corrected chi connectivity index (χ1v) is 7.07. The summed E-state index contributed by atoms with van der Waals surface area (Å²) in [5.74, 6) is -0.258. The van der Waals surface area contributed by atoms with Crippen molar-refractivity contribution in [3.8, 4) is 0 Å². The van der Waals surface area contributed by atoms with Gasteiger partial charge in [0.2, 0.25) is 0 Å². The maximum Gasteiger partial charge on any atom is 0.348 e. The third-order valence-electron chi connectivity index (χ3n) is 2.01. The van der Waals surface area contributed by atoms with Gasteiger partial charge >= 0.3 is 5.97 Å². The van der Waals surface area contributed by atoms with Gasteiger partial charge in [0.15, 0.2) is 0 Å². The maximum absolute atomic E-state index is 11.6. The Hall–Kier alpha value is -0.390. The van der Waals surface area contributed by atoms with Crippen LogP contribution in [0, 0.1) is 0 Å². The third kappa shape index (κ3) is 2.31. The number of fused-ring (bicyclic) bond motifs is 1. The Bertz CT molecular complexity index is 548. The second kappa shape index (κ2) is 4.85. The van der Waals surface area contributed by atoms with Crippen molar-refractivity contribution < 1.29 is 9.53 Å². The molecule has 0 aliphatic rings. The number of thiophene rings is 1. The Kier molecular flexibility index (Phi) is 3.66. The van der Waals surface area contributed by atoms with Crippen LogP contribution in [-0.4, -0.2) is 12.6 Å². The lowest BCUT2D eigenvalue weighted by Crippen LogP contribution is -2.01. The topological polar surface area (TPSA) is 26.3 Å². The number of esters is 1. The number of ether oxygens (including phenoxy) is 1. The minimum atomic E-state index is -0.258. The minimum Gasteiger partial charge on any atom is -0.462 e. The molecule has 0 radical (unpaired) electrons. The second-order valence-electron chi connectivity index (χ2n) is 3.14. The van der Waals surface area contributed by atoms with Gasteiger partial charge in [-0.25, -0.2) is 4.79 Å². The standard InChI is InChI=1S/C11H8Br2O2S/c1-2-15-11(14)9-4-6-3-7(12)5-8(13)10(6)16-9/h3-5H,2H2,1H3. The summed E-state index contributed by atoms with van der Waals surface area (Å²) in [4.78, 5) is 12.2. The Morgan fingerprint density at radius 2 is 2.12 bits per heavy atom. The molecule has 0 spiro atoms. The molecule has 0 fully saturated rings. The largest absolute Gasteiger partial charge is 0.462 e. The van der Waals surface area contributed by atoms with Crippen LogP contribution in [0.3, 0.4) is 0 Å². The van der Waals surface area contributed by atoms with Gasteiger partial charge in [0, 0.05) is 13.6 Å². The summed E-state index contributed by atoms with van der Waals surface area (Å²) < 4.78 is 8.00. The molecule has 2 rings (SSSR count). The summed E-state index contributed by atoms with van der Waals surface area (Å²) in [6.07, 6.45) is 0. The van der Waals surface area contributed by atoms with Crippen molar-refractivity contribution in [1.29, 1.82) is 0 Å². The molecule has 0 amide bonds. The van der Waals surface area contributed by atoms with Gasteiger partial charge < -0.3 is 4.74 Å². The second-order valence-corrected chi connectivity index (χ2v) is 5.96. The average Bonchev–Trinajstić information content (AvgIpc) is 2.62. The first kappa shape index (κ1) is 12.1. The van der Waals surface area contributed by atoms with Crippen LogP contribution in [0.15, 0.2) is 27.1 Å². The molecule has 2 nitrogen and oxygen atoms in total. The molecule has 16 heavy (non-hydrogen) atoms. The highest BCUT2D eigenvalue weighted by Gasteiger charge is 2.13. The van der Waals surface area contributed by atoms with Gasteiger partial charge in [-0.3, -0.25) is 0 Å². The van der Waals surface area contributed by atoms with E-state index in [4.69, 9.17) is 4.74 Å². The first-order valence-electron chi connectivity index (χ1n) is 4.67. The van der Waals surface area contributed by atoms with Crippen LogP contribution in [0.5, 0.6) is 0 Å².